The molecule has 1 saturated heterocycles. The van der Waals surface area contributed by atoms with Gasteiger partial charge in [0.25, 0.3) is 5.91 Å². The predicted molar refractivity (Wildman–Crippen MR) is 93.7 cm³/mol. The number of imide groups is 1. The van der Waals surface area contributed by atoms with Crippen molar-refractivity contribution in [2.24, 2.45) is 0 Å². The third kappa shape index (κ3) is 2.86. The van der Waals surface area contributed by atoms with Crippen molar-refractivity contribution in [3.05, 3.63) is 70.2 Å². The molecule has 0 spiro atoms. The van der Waals surface area contributed by atoms with Gasteiger partial charge in [-0.05, 0) is 35.7 Å². The van der Waals surface area contributed by atoms with Crippen LogP contribution in [-0.4, -0.2) is 16.8 Å². The first-order valence-electron chi connectivity index (χ1n) is 7.90. The molecule has 3 rings (SSSR count). The number of nitrogens with one attached hydrogen (secondary N) is 1. The van der Waals surface area contributed by atoms with Crippen molar-refractivity contribution in [3.8, 4) is 6.07 Å². The summed E-state index contributed by atoms with van der Waals surface area (Å²) in [5.74, 6) is -0.324. The van der Waals surface area contributed by atoms with Crippen LogP contribution in [0.4, 0.5) is 4.79 Å². The Hall–Kier alpha value is -2.84. The molecule has 1 heterocycles. The lowest BCUT2D eigenvalue weighted by Crippen LogP contribution is -2.43. The first-order valence-corrected chi connectivity index (χ1v) is 8.28. The molecule has 1 unspecified atom stereocenters. The predicted octanol–water partition coefficient (Wildman–Crippen LogP) is 3.57. The minimum absolute atomic E-state index is 0.0593. The molecule has 1 fully saturated rings. The van der Waals surface area contributed by atoms with E-state index in [4.69, 9.17) is 11.6 Å². The van der Waals surface area contributed by atoms with Gasteiger partial charge < -0.3 is 5.32 Å². The van der Waals surface area contributed by atoms with Crippen LogP contribution in [0.5, 0.6) is 0 Å². The van der Waals surface area contributed by atoms with Crippen molar-refractivity contribution in [1.29, 1.82) is 5.26 Å². The molecule has 0 bridgehead atoms. The van der Waals surface area contributed by atoms with Crippen molar-refractivity contribution in [3.63, 3.8) is 0 Å². The van der Waals surface area contributed by atoms with Crippen LogP contribution in [0.15, 0.2) is 48.5 Å². The monoisotopic (exact) mass is 353 g/mol. The van der Waals surface area contributed by atoms with Crippen LogP contribution in [0, 0.1) is 11.3 Å². The first kappa shape index (κ1) is 17.0. The molecule has 2 aromatic rings. The van der Waals surface area contributed by atoms with Crippen molar-refractivity contribution >= 4 is 23.5 Å². The lowest BCUT2D eigenvalue weighted by molar-refractivity contribution is -0.132. The number of nitrogens with zero attached hydrogens (tertiary/aromatic N) is 2. The van der Waals surface area contributed by atoms with Crippen LogP contribution in [0.3, 0.4) is 0 Å². The van der Waals surface area contributed by atoms with Crippen LogP contribution in [0.25, 0.3) is 0 Å². The Morgan fingerprint density at radius 2 is 1.84 bits per heavy atom. The van der Waals surface area contributed by atoms with E-state index in [1.165, 1.54) is 0 Å². The van der Waals surface area contributed by atoms with E-state index in [1.54, 1.807) is 48.5 Å². The molecule has 5 nitrogen and oxygen atoms in total. The van der Waals surface area contributed by atoms with E-state index in [0.717, 1.165) is 4.90 Å². The maximum atomic E-state index is 13.1. The van der Waals surface area contributed by atoms with Crippen molar-refractivity contribution < 1.29 is 9.59 Å². The smallest absolute Gasteiger partial charge is 0.319 e. The largest absolute Gasteiger partial charge is 0.325 e. The van der Waals surface area contributed by atoms with Gasteiger partial charge in [-0.15, -0.1) is 0 Å². The number of hydrogen-bond acceptors (Lipinski definition) is 3. The van der Waals surface area contributed by atoms with E-state index in [1.807, 2.05) is 6.92 Å². The van der Waals surface area contributed by atoms with Gasteiger partial charge in [0.1, 0.15) is 5.54 Å². The SMILES string of the molecule is CCC1(c2ccc(Cl)cc2)NC(=O)N(Cc2ccccc2C#N)C1=O. The van der Waals surface area contributed by atoms with Gasteiger partial charge >= 0.3 is 6.03 Å². The molecule has 2 aromatic carbocycles. The molecular formula is C19H16ClN3O2. The van der Waals surface area contributed by atoms with Crippen LogP contribution < -0.4 is 5.32 Å². The summed E-state index contributed by atoms with van der Waals surface area (Å²) in [5, 5.41) is 12.6. The fourth-order valence-electron chi connectivity index (χ4n) is 3.08. The molecular weight excluding hydrogens is 338 g/mol. The lowest BCUT2D eigenvalue weighted by Gasteiger charge is -2.26. The number of halogens is 1. The van der Waals surface area contributed by atoms with Gasteiger partial charge in [0.15, 0.2) is 0 Å². The highest BCUT2D eigenvalue weighted by Gasteiger charge is 2.51. The van der Waals surface area contributed by atoms with Crippen molar-refractivity contribution in [1.82, 2.24) is 10.2 Å². The quantitative estimate of drug-likeness (QED) is 0.854. The van der Waals surface area contributed by atoms with Crippen LogP contribution in [0.1, 0.15) is 30.0 Å². The number of carbonyl (C=O) groups excluding carboxylic acids is 2. The highest BCUT2D eigenvalue weighted by atomic mass is 35.5. The molecule has 25 heavy (non-hydrogen) atoms. The molecule has 1 aliphatic heterocycles. The van der Waals surface area contributed by atoms with Gasteiger partial charge in [-0.2, -0.15) is 5.26 Å². The summed E-state index contributed by atoms with van der Waals surface area (Å²) >= 11 is 5.93. The van der Waals surface area contributed by atoms with Gasteiger partial charge in [-0.1, -0.05) is 48.9 Å². The summed E-state index contributed by atoms with van der Waals surface area (Å²) in [6.45, 7) is 1.91. The minimum Gasteiger partial charge on any atom is -0.319 e. The number of urea groups is 1. The third-order valence-electron chi connectivity index (χ3n) is 4.51. The van der Waals surface area contributed by atoms with Crippen molar-refractivity contribution in [2.45, 2.75) is 25.4 Å². The number of rotatable bonds is 4. The Morgan fingerprint density at radius 1 is 1.16 bits per heavy atom. The summed E-state index contributed by atoms with van der Waals surface area (Å²) in [5.41, 5.74) is 0.664. The van der Waals surface area contributed by atoms with Crippen molar-refractivity contribution in [2.75, 3.05) is 0 Å². The molecule has 6 heteroatoms. The molecule has 0 aromatic heterocycles. The highest BCUT2D eigenvalue weighted by molar-refractivity contribution is 6.30. The van der Waals surface area contributed by atoms with Gasteiger partial charge in [0, 0.05) is 5.02 Å². The number of carbonyl (C=O) groups is 2. The standard InChI is InChI=1S/C19H16ClN3O2/c1-2-19(15-7-9-16(20)10-8-15)17(24)23(18(25)22-19)12-14-6-4-3-5-13(14)11-21/h3-10H,2,12H2,1H3,(H,22,25). The maximum absolute atomic E-state index is 13.1. The van der Waals surface area contributed by atoms with Gasteiger partial charge in [-0.25, -0.2) is 4.79 Å². The second-order valence-electron chi connectivity index (χ2n) is 5.86. The molecule has 1 atom stereocenters. The Morgan fingerprint density at radius 3 is 2.48 bits per heavy atom. The van der Waals surface area contributed by atoms with E-state index in [2.05, 4.69) is 11.4 Å². The number of amides is 3. The average Bonchev–Trinajstić information content (AvgIpc) is 2.88. The second kappa shape index (κ2) is 6.58. The summed E-state index contributed by atoms with van der Waals surface area (Å²) in [6, 6.07) is 15.4. The van der Waals surface area contributed by atoms with Gasteiger partial charge in [-0.3, -0.25) is 9.69 Å². The van der Waals surface area contributed by atoms with Crippen LogP contribution >= 0.6 is 11.6 Å². The summed E-state index contributed by atoms with van der Waals surface area (Å²) < 4.78 is 0. The van der Waals surface area contributed by atoms with Crippen LogP contribution in [0.2, 0.25) is 5.02 Å². The first-order chi connectivity index (χ1) is 12.0. The second-order valence-corrected chi connectivity index (χ2v) is 6.29. The fourth-order valence-corrected chi connectivity index (χ4v) is 3.21. The summed E-state index contributed by atoms with van der Waals surface area (Å²) in [6.07, 6.45) is 0.412. The fraction of sp³-hybridized carbons (Fsp3) is 0.211. The Kier molecular flexibility index (Phi) is 4.47. The van der Waals surface area contributed by atoms with Gasteiger partial charge in [0.2, 0.25) is 0 Å². The van der Waals surface area contributed by atoms with E-state index in [0.29, 0.717) is 28.1 Å². The normalized spacial score (nSPS) is 19.6. The molecule has 3 amide bonds. The Bertz CT molecular complexity index is 873. The number of nitriles is 1. The molecule has 1 N–H and O–H groups in total. The zero-order chi connectivity index (χ0) is 18.0. The van der Waals surface area contributed by atoms with E-state index >= 15 is 0 Å². The van der Waals surface area contributed by atoms with Gasteiger partial charge in [0.05, 0.1) is 18.2 Å². The zero-order valence-corrected chi connectivity index (χ0v) is 14.4. The molecule has 0 aliphatic carbocycles. The molecule has 1 aliphatic rings. The highest BCUT2D eigenvalue weighted by Crippen LogP contribution is 2.34. The summed E-state index contributed by atoms with van der Waals surface area (Å²) in [7, 11) is 0. The Balaban J connectivity index is 1.96. The van der Waals surface area contributed by atoms with E-state index < -0.39 is 11.6 Å². The maximum Gasteiger partial charge on any atom is 0.325 e. The molecule has 126 valence electrons. The van der Waals surface area contributed by atoms with E-state index in [-0.39, 0.29) is 12.5 Å². The lowest BCUT2D eigenvalue weighted by atomic mass is 9.87. The topological polar surface area (TPSA) is 73.2 Å². The molecule has 0 radical (unpaired) electrons. The minimum atomic E-state index is -1.11. The van der Waals surface area contributed by atoms with E-state index in [9.17, 15) is 14.9 Å². The Labute approximate surface area is 150 Å². The number of benzene rings is 2. The number of hydrogen-bond donors (Lipinski definition) is 1. The summed E-state index contributed by atoms with van der Waals surface area (Å²) in [4.78, 5) is 26.7. The molecule has 0 saturated carbocycles. The third-order valence-corrected chi connectivity index (χ3v) is 4.76. The zero-order valence-electron chi connectivity index (χ0n) is 13.6. The van der Waals surface area contributed by atoms with Crippen LogP contribution in [-0.2, 0) is 16.9 Å². The average molecular weight is 354 g/mol.